The molecule has 3 rings (SSSR count). The predicted octanol–water partition coefficient (Wildman–Crippen LogP) is 2.80. The highest BCUT2D eigenvalue weighted by Crippen LogP contribution is 2.35. The monoisotopic (exact) mass is 441 g/mol. The lowest BCUT2D eigenvalue weighted by molar-refractivity contribution is -0.0754. The Labute approximate surface area is 192 Å². The van der Waals surface area contributed by atoms with E-state index in [9.17, 15) is 5.11 Å². The van der Waals surface area contributed by atoms with Crippen molar-refractivity contribution in [3.8, 4) is 0 Å². The molecule has 0 bridgehead atoms. The van der Waals surface area contributed by atoms with E-state index < -0.39 is 0 Å². The van der Waals surface area contributed by atoms with E-state index in [1.165, 1.54) is 32.4 Å². The van der Waals surface area contributed by atoms with Crippen LogP contribution < -0.4 is 0 Å². The summed E-state index contributed by atoms with van der Waals surface area (Å²) in [6.07, 6.45) is 4.94. The smallest absolute Gasteiger partial charge is 0.0900 e. The van der Waals surface area contributed by atoms with Crippen molar-refractivity contribution in [2.24, 2.45) is 17.8 Å². The van der Waals surface area contributed by atoms with Gasteiger partial charge in [0.15, 0.2) is 0 Å². The van der Waals surface area contributed by atoms with Gasteiger partial charge in [0.2, 0.25) is 0 Å². The first-order chi connectivity index (χ1) is 14.5. The van der Waals surface area contributed by atoms with Crippen LogP contribution in [0.15, 0.2) is 0 Å². The second kappa shape index (κ2) is 14.1. The van der Waals surface area contributed by atoms with E-state index in [0.717, 1.165) is 71.4 Å². The van der Waals surface area contributed by atoms with Gasteiger partial charge in [-0.1, -0.05) is 34.6 Å². The normalized spacial score (nSPS) is 30.3. The zero-order valence-corrected chi connectivity index (χ0v) is 19.8. The van der Waals surface area contributed by atoms with Crippen molar-refractivity contribution in [1.29, 1.82) is 0 Å². The Morgan fingerprint density at radius 3 is 2.19 bits per heavy atom. The summed E-state index contributed by atoms with van der Waals surface area (Å²) < 4.78 is 11.7. The highest BCUT2D eigenvalue weighted by Gasteiger charge is 2.32. The lowest BCUT2D eigenvalue weighted by Gasteiger charge is -2.38. The van der Waals surface area contributed by atoms with Gasteiger partial charge >= 0.3 is 0 Å². The molecule has 3 fully saturated rings. The largest absolute Gasteiger partial charge is 0.389 e. The van der Waals surface area contributed by atoms with Gasteiger partial charge in [-0.05, 0) is 50.1 Å². The van der Waals surface area contributed by atoms with Gasteiger partial charge in [-0.15, -0.1) is 0 Å². The average Bonchev–Trinajstić information content (AvgIpc) is 2.74. The molecular weight excluding hydrogens is 390 g/mol. The van der Waals surface area contributed by atoms with E-state index in [2.05, 4.69) is 35.5 Å². The first-order valence-electron chi connectivity index (χ1n) is 12.6. The first-order valence-corrected chi connectivity index (χ1v) is 12.6. The van der Waals surface area contributed by atoms with Gasteiger partial charge in [-0.3, -0.25) is 9.80 Å². The summed E-state index contributed by atoms with van der Waals surface area (Å²) in [6, 6.07) is 0. The molecule has 0 spiro atoms. The number of hydrogen-bond acceptors (Lipinski definition) is 6. The van der Waals surface area contributed by atoms with Crippen molar-refractivity contribution in [2.45, 2.75) is 66.1 Å². The molecule has 6 nitrogen and oxygen atoms in total. The van der Waals surface area contributed by atoms with Crippen LogP contribution >= 0.6 is 0 Å². The second-order valence-electron chi connectivity index (χ2n) is 10.3. The number of aliphatic hydroxyl groups is 1. The Morgan fingerprint density at radius 1 is 0.935 bits per heavy atom. The van der Waals surface area contributed by atoms with E-state index >= 15 is 0 Å². The van der Waals surface area contributed by atoms with Gasteiger partial charge < -0.3 is 19.5 Å². The van der Waals surface area contributed by atoms with E-state index in [0.29, 0.717) is 24.5 Å². The highest BCUT2D eigenvalue weighted by atomic mass is 16.5. The number of aliphatic hydroxyl groups excluding tert-OH is 1. The molecule has 1 aliphatic carbocycles. The summed E-state index contributed by atoms with van der Waals surface area (Å²) in [5.74, 6) is 2.06. The molecule has 0 amide bonds. The molecule has 2 aliphatic heterocycles. The zero-order chi connectivity index (χ0) is 21.3. The van der Waals surface area contributed by atoms with Crippen molar-refractivity contribution in [3.63, 3.8) is 0 Å². The molecular formula is C25H51N3O3. The summed E-state index contributed by atoms with van der Waals surface area (Å²) in [6.45, 7) is 18.9. The van der Waals surface area contributed by atoms with Crippen molar-refractivity contribution in [2.75, 3.05) is 78.7 Å². The third-order valence-electron chi connectivity index (χ3n) is 7.45. The molecule has 1 saturated carbocycles. The van der Waals surface area contributed by atoms with Crippen molar-refractivity contribution in [1.82, 2.24) is 14.7 Å². The van der Waals surface area contributed by atoms with Gasteiger partial charge in [0.25, 0.3) is 0 Å². The summed E-state index contributed by atoms with van der Waals surface area (Å²) in [5, 5.41) is 10.6. The van der Waals surface area contributed by atoms with Crippen LogP contribution in [0.25, 0.3) is 0 Å². The number of ether oxygens (including phenoxy) is 2. The average molecular weight is 442 g/mol. The Bertz CT molecular complexity index is 465. The quantitative estimate of drug-likeness (QED) is 0.563. The van der Waals surface area contributed by atoms with E-state index in [4.69, 9.17) is 9.47 Å². The molecule has 31 heavy (non-hydrogen) atoms. The molecule has 1 N–H and O–H groups in total. The summed E-state index contributed by atoms with van der Waals surface area (Å²) >= 11 is 0. The fourth-order valence-corrected chi connectivity index (χ4v) is 5.43. The van der Waals surface area contributed by atoms with E-state index in [1.54, 1.807) is 0 Å². The van der Waals surface area contributed by atoms with Gasteiger partial charge in [0.05, 0.1) is 32.0 Å². The predicted molar refractivity (Wildman–Crippen MR) is 129 cm³/mol. The summed E-state index contributed by atoms with van der Waals surface area (Å²) in [4.78, 5) is 7.51. The molecule has 0 aromatic rings. The molecule has 4 unspecified atom stereocenters. The Hall–Kier alpha value is -0.240. The first kappa shape index (κ1) is 27.0. The summed E-state index contributed by atoms with van der Waals surface area (Å²) in [7, 11) is 0. The molecule has 0 aromatic heterocycles. The minimum absolute atomic E-state index is 0. The van der Waals surface area contributed by atoms with Crippen LogP contribution in [-0.2, 0) is 9.47 Å². The SMILES string of the molecule is C.CC1CCC(C(C)C)C(OCC(O)CN2CCN(CCCN3CCOCC3)CC2)C1. The molecule has 184 valence electrons. The maximum absolute atomic E-state index is 10.6. The lowest BCUT2D eigenvalue weighted by atomic mass is 9.75. The fraction of sp³-hybridized carbons (Fsp3) is 1.00. The van der Waals surface area contributed by atoms with Crippen LogP contribution in [-0.4, -0.2) is 111 Å². The minimum atomic E-state index is -0.372. The minimum Gasteiger partial charge on any atom is -0.389 e. The van der Waals surface area contributed by atoms with Crippen molar-refractivity contribution < 1.29 is 14.6 Å². The Morgan fingerprint density at radius 2 is 1.55 bits per heavy atom. The van der Waals surface area contributed by atoms with Crippen molar-refractivity contribution >= 4 is 0 Å². The third kappa shape index (κ3) is 9.26. The molecule has 6 heteroatoms. The maximum atomic E-state index is 10.6. The Balaban J connectivity index is 0.00000341. The fourth-order valence-electron chi connectivity index (χ4n) is 5.43. The Kier molecular flexibility index (Phi) is 12.3. The van der Waals surface area contributed by atoms with Gasteiger partial charge in [-0.2, -0.15) is 0 Å². The maximum Gasteiger partial charge on any atom is 0.0900 e. The van der Waals surface area contributed by atoms with E-state index in [1.807, 2.05) is 0 Å². The third-order valence-corrected chi connectivity index (χ3v) is 7.45. The number of nitrogens with zero attached hydrogens (tertiary/aromatic N) is 3. The standard InChI is InChI=1S/C24H47N3O3.CH4/c1-20(2)23-6-5-21(3)17-24(23)30-19-22(28)18-27-11-9-25(10-12-27)7-4-8-26-13-15-29-16-14-26;/h20-24,28H,4-19H2,1-3H3;1H4. The molecule has 0 aromatic carbocycles. The van der Waals surface area contributed by atoms with Crippen LogP contribution in [0.4, 0.5) is 0 Å². The number of β-amino-alcohol motifs (C(OH)–C–C–N with tert-alkyl or cyclic N) is 1. The van der Waals surface area contributed by atoms with Gasteiger partial charge in [0.1, 0.15) is 0 Å². The van der Waals surface area contributed by atoms with Crippen LogP contribution in [0.5, 0.6) is 0 Å². The van der Waals surface area contributed by atoms with Crippen LogP contribution in [0.1, 0.15) is 53.9 Å². The molecule has 2 saturated heterocycles. The molecule has 0 radical (unpaired) electrons. The molecule has 4 atom stereocenters. The highest BCUT2D eigenvalue weighted by molar-refractivity contribution is 4.82. The second-order valence-corrected chi connectivity index (χ2v) is 10.3. The van der Waals surface area contributed by atoms with Gasteiger partial charge in [-0.25, -0.2) is 0 Å². The molecule has 3 aliphatic rings. The topological polar surface area (TPSA) is 48.4 Å². The summed E-state index contributed by atoms with van der Waals surface area (Å²) in [5.41, 5.74) is 0. The van der Waals surface area contributed by atoms with Crippen LogP contribution in [0.2, 0.25) is 0 Å². The number of morpholine rings is 1. The van der Waals surface area contributed by atoms with Crippen LogP contribution in [0, 0.1) is 17.8 Å². The number of rotatable bonds is 10. The van der Waals surface area contributed by atoms with Crippen LogP contribution in [0.3, 0.4) is 0 Å². The molecule has 2 heterocycles. The van der Waals surface area contributed by atoms with Crippen molar-refractivity contribution in [3.05, 3.63) is 0 Å². The lowest BCUT2D eigenvalue weighted by Crippen LogP contribution is -2.49. The zero-order valence-electron chi connectivity index (χ0n) is 19.8. The number of piperazine rings is 1. The van der Waals surface area contributed by atoms with E-state index in [-0.39, 0.29) is 13.5 Å². The number of hydrogen-bond donors (Lipinski definition) is 1. The van der Waals surface area contributed by atoms with Gasteiger partial charge in [0, 0.05) is 45.8 Å².